The van der Waals surface area contributed by atoms with Gasteiger partial charge in [-0.2, -0.15) is 0 Å². The molecular weight excluding hydrogens is 198 g/mol. The van der Waals surface area contributed by atoms with Crippen molar-refractivity contribution in [1.82, 2.24) is 0 Å². The third-order valence-corrected chi connectivity index (χ3v) is 3.68. The van der Waals surface area contributed by atoms with E-state index >= 15 is 0 Å². The molecule has 0 aliphatic carbocycles. The molecule has 0 saturated carbocycles. The van der Waals surface area contributed by atoms with Crippen molar-refractivity contribution in [3.8, 4) is 0 Å². The molecule has 2 N–H and O–H groups in total. The van der Waals surface area contributed by atoms with Gasteiger partial charge in [0.05, 0.1) is 0 Å². The standard InChI is InChI=1S/C9H14BO3P/c1-7-6-8(14(2,3)13)4-5-9(7)10(11)12/h4-6,11-12H,1-3H3. The van der Waals surface area contributed by atoms with E-state index in [0.29, 0.717) is 5.46 Å². The zero-order valence-electron chi connectivity index (χ0n) is 8.56. The molecule has 1 aromatic rings. The predicted octanol–water partition coefficient (Wildman–Crippen LogP) is -0.0772. The first-order valence-electron chi connectivity index (χ1n) is 4.34. The molecule has 0 amide bonds. The summed E-state index contributed by atoms with van der Waals surface area (Å²) in [5.74, 6) is 0. The second-order valence-electron chi connectivity index (χ2n) is 3.77. The highest BCUT2D eigenvalue weighted by atomic mass is 31.2. The molecular formula is C9H14BO3P. The lowest BCUT2D eigenvalue weighted by atomic mass is 9.77. The lowest BCUT2D eigenvalue weighted by molar-refractivity contribution is 0.425. The van der Waals surface area contributed by atoms with Gasteiger partial charge in [0.25, 0.3) is 0 Å². The minimum Gasteiger partial charge on any atom is -0.423 e. The van der Waals surface area contributed by atoms with Crippen molar-refractivity contribution in [2.24, 2.45) is 0 Å². The molecule has 0 aliphatic heterocycles. The van der Waals surface area contributed by atoms with Crippen molar-refractivity contribution >= 4 is 25.0 Å². The van der Waals surface area contributed by atoms with Crippen molar-refractivity contribution in [1.29, 1.82) is 0 Å². The average Bonchev–Trinajstić information content (AvgIpc) is 2.01. The molecule has 76 valence electrons. The Kier molecular flexibility index (Phi) is 3.20. The van der Waals surface area contributed by atoms with Gasteiger partial charge in [0.15, 0.2) is 0 Å². The average molecular weight is 212 g/mol. The fraction of sp³-hybridized carbons (Fsp3) is 0.333. The van der Waals surface area contributed by atoms with Gasteiger partial charge in [-0.1, -0.05) is 17.7 Å². The van der Waals surface area contributed by atoms with Crippen LogP contribution in [0.25, 0.3) is 0 Å². The molecule has 0 aromatic heterocycles. The molecule has 0 aliphatic rings. The molecule has 0 bridgehead atoms. The van der Waals surface area contributed by atoms with E-state index < -0.39 is 14.3 Å². The maximum absolute atomic E-state index is 11.7. The Hall–Kier alpha value is -0.565. The van der Waals surface area contributed by atoms with Crippen molar-refractivity contribution in [3.63, 3.8) is 0 Å². The van der Waals surface area contributed by atoms with Crippen LogP contribution in [0, 0.1) is 6.92 Å². The maximum Gasteiger partial charge on any atom is 0.488 e. The van der Waals surface area contributed by atoms with E-state index in [2.05, 4.69) is 0 Å². The molecule has 1 aromatic carbocycles. The smallest absolute Gasteiger partial charge is 0.423 e. The Balaban J connectivity index is 3.20. The predicted molar refractivity (Wildman–Crippen MR) is 60.1 cm³/mol. The highest BCUT2D eigenvalue weighted by Gasteiger charge is 2.17. The SMILES string of the molecule is Cc1cc(P(C)(C)=O)ccc1B(O)O. The largest absolute Gasteiger partial charge is 0.488 e. The molecule has 14 heavy (non-hydrogen) atoms. The summed E-state index contributed by atoms with van der Waals surface area (Å²) in [5, 5.41) is 18.7. The molecule has 0 unspecified atom stereocenters. The fourth-order valence-corrected chi connectivity index (χ4v) is 2.22. The molecule has 0 spiro atoms. The van der Waals surface area contributed by atoms with E-state index in [1.165, 1.54) is 0 Å². The van der Waals surface area contributed by atoms with Crippen LogP contribution in [0.3, 0.4) is 0 Å². The Morgan fingerprint density at radius 2 is 1.86 bits per heavy atom. The second kappa shape index (κ2) is 3.89. The first kappa shape index (κ1) is 11.5. The van der Waals surface area contributed by atoms with E-state index in [4.69, 9.17) is 10.0 Å². The number of hydrogen-bond acceptors (Lipinski definition) is 3. The van der Waals surface area contributed by atoms with E-state index in [1.54, 1.807) is 38.5 Å². The maximum atomic E-state index is 11.7. The van der Waals surface area contributed by atoms with E-state index in [1.807, 2.05) is 0 Å². The van der Waals surface area contributed by atoms with Crippen LogP contribution < -0.4 is 10.8 Å². The molecule has 0 radical (unpaired) electrons. The first-order chi connectivity index (χ1) is 6.32. The number of benzene rings is 1. The summed E-state index contributed by atoms with van der Waals surface area (Å²) in [5.41, 5.74) is 1.21. The van der Waals surface area contributed by atoms with Crippen LogP contribution in [0.1, 0.15) is 5.56 Å². The van der Waals surface area contributed by atoms with Gasteiger partial charge in [0.2, 0.25) is 0 Å². The second-order valence-corrected chi connectivity index (χ2v) is 6.98. The molecule has 3 nitrogen and oxygen atoms in total. The summed E-state index contributed by atoms with van der Waals surface area (Å²) < 4.78 is 11.7. The normalized spacial score (nSPS) is 11.5. The fourth-order valence-electron chi connectivity index (χ4n) is 1.28. The highest BCUT2D eigenvalue weighted by molar-refractivity contribution is 7.70. The molecule has 0 atom stereocenters. The van der Waals surface area contributed by atoms with E-state index in [0.717, 1.165) is 10.9 Å². The van der Waals surface area contributed by atoms with Crippen LogP contribution in [0.4, 0.5) is 0 Å². The number of hydrogen-bond donors (Lipinski definition) is 2. The minimum atomic E-state index is -2.26. The third kappa shape index (κ3) is 2.47. The topological polar surface area (TPSA) is 57.5 Å². The van der Waals surface area contributed by atoms with Gasteiger partial charge in [-0.05, 0) is 31.8 Å². The molecule has 0 heterocycles. The van der Waals surface area contributed by atoms with Gasteiger partial charge in [0.1, 0.15) is 7.14 Å². The van der Waals surface area contributed by atoms with Gasteiger partial charge >= 0.3 is 7.12 Å². The summed E-state index contributed by atoms with van der Waals surface area (Å²) in [6, 6.07) is 5.03. The van der Waals surface area contributed by atoms with Crippen molar-refractivity contribution in [3.05, 3.63) is 23.8 Å². The molecule has 0 saturated heterocycles. The first-order valence-corrected chi connectivity index (χ1v) is 6.94. The molecule has 5 heteroatoms. The van der Waals surface area contributed by atoms with Crippen LogP contribution in [0.15, 0.2) is 18.2 Å². The lowest BCUT2D eigenvalue weighted by Gasteiger charge is -2.10. The summed E-state index contributed by atoms with van der Waals surface area (Å²) in [6.45, 7) is 5.15. The zero-order chi connectivity index (χ0) is 10.9. The van der Waals surface area contributed by atoms with Crippen LogP contribution >= 0.6 is 7.14 Å². The lowest BCUT2D eigenvalue weighted by Crippen LogP contribution is -2.33. The summed E-state index contributed by atoms with van der Waals surface area (Å²) in [7, 11) is -3.72. The van der Waals surface area contributed by atoms with E-state index in [9.17, 15) is 4.57 Å². The van der Waals surface area contributed by atoms with Gasteiger partial charge in [-0.3, -0.25) is 0 Å². The summed E-state index contributed by atoms with van der Waals surface area (Å²) >= 11 is 0. The number of rotatable bonds is 2. The van der Waals surface area contributed by atoms with Crippen LogP contribution in [0.5, 0.6) is 0 Å². The Labute approximate surface area is 84.3 Å². The quantitative estimate of drug-likeness (QED) is 0.532. The van der Waals surface area contributed by atoms with Crippen molar-refractivity contribution in [2.45, 2.75) is 6.92 Å². The van der Waals surface area contributed by atoms with E-state index in [-0.39, 0.29) is 0 Å². The third-order valence-electron chi connectivity index (χ3n) is 2.15. The van der Waals surface area contributed by atoms with Crippen molar-refractivity contribution in [2.75, 3.05) is 13.3 Å². The highest BCUT2D eigenvalue weighted by Crippen LogP contribution is 2.34. The molecule has 0 fully saturated rings. The Morgan fingerprint density at radius 1 is 1.29 bits per heavy atom. The van der Waals surface area contributed by atoms with Crippen molar-refractivity contribution < 1.29 is 14.6 Å². The number of aryl methyl sites for hydroxylation is 1. The van der Waals surface area contributed by atoms with Gasteiger partial charge in [-0.25, -0.2) is 0 Å². The van der Waals surface area contributed by atoms with Gasteiger partial charge in [-0.15, -0.1) is 0 Å². The monoisotopic (exact) mass is 212 g/mol. The van der Waals surface area contributed by atoms with Gasteiger partial charge in [0, 0.05) is 5.30 Å². The summed E-state index contributed by atoms with van der Waals surface area (Å²) in [4.78, 5) is 0. The zero-order valence-corrected chi connectivity index (χ0v) is 9.45. The van der Waals surface area contributed by atoms with Gasteiger partial charge < -0.3 is 14.6 Å². The molecule has 1 rings (SSSR count). The van der Waals surface area contributed by atoms with Crippen LogP contribution in [0.2, 0.25) is 0 Å². The Morgan fingerprint density at radius 3 is 2.21 bits per heavy atom. The Bertz CT molecular complexity index is 384. The minimum absolute atomic E-state index is 0.460. The van der Waals surface area contributed by atoms with Crippen LogP contribution in [-0.4, -0.2) is 30.5 Å². The summed E-state index contributed by atoms with van der Waals surface area (Å²) in [6.07, 6.45) is 0. The van der Waals surface area contributed by atoms with Crippen LogP contribution in [-0.2, 0) is 4.57 Å².